The Morgan fingerprint density at radius 1 is 0.756 bits per heavy atom. The van der Waals surface area contributed by atoms with E-state index in [0.717, 1.165) is 0 Å². The number of nitrogens with one attached hydrogen (secondary N) is 2. The van der Waals surface area contributed by atoms with Crippen molar-refractivity contribution in [2.24, 2.45) is 5.10 Å². The van der Waals surface area contributed by atoms with Crippen LogP contribution in [0, 0.1) is 0 Å². The van der Waals surface area contributed by atoms with Gasteiger partial charge in [-0.1, -0.05) is 15.9 Å². The van der Waals surface area contributed by atoms with E-state index in [2.05, 4.69) is 31.8 Å². The van der Waals surface area contributed by atoms with Crippen LogP contribution in [0.25, 0.3) is 0 Å². The van der Waals surface area contributed by atoms with Gasteiger partial charge in [-0.15, -0.1) is 0 Å². The van der Waals surface area contributed by atoms with Crippen LogP contribution in [0.1, 0.15) is 26.3 Å². The lowest BCUT2D eigenvalue weighted by Crippen LogP contribution is -2.35. The molecule has 0 spiro atoms. The van der Waals surface area contributed by atoms with Crippen LogP contribution in [-0.4, -0.2) is 66.1 Å². The second kappa shape index (κ2) is 14.6. The van der Waals surface area contributed by atoms with Gasteiger partial charge in [0.1, 0.15) is 5.75 Å². The summed E-state index contributed by atoms with van der Waals surface area (Å²) in [6, 6.07) is 12.5. The Labute approximate surface area is 244 Å². The van der Waals surface area contributed by atoms with E-state index < -0.39 is 17.8 Å². The fraction of sp³-hybridized carbons (Fsp3) is 0.214. The van der Waals surface area contributed by atoms with E-state index in [1.165, 1.54) is 60.0 Å². The minimum Gasteiger partial charge on any atom is -0.493 e. The minimum absolute atomic E-state index is 0.196. The molecule has 13 heteroatoms. The largest absolute Gasteiger partial charge is 0.493 e. The second-order valence-corrected chi connectivity index (χ2v) is 8.95. The number of esters is 1. The van der Waals surface area contributed by atoms with Crippen LogP contribution in [0.4, 0.5) is 0 Å². The number of methoxy groups -OCH3 is 5. The predicted octanol–water partition coefficient (Wildman–Crippen LogP) is 3.59. The summed E-state index contributed by atoms with van der Waals surface area (Å²) in [5.74, 6) is 0.185. The molecule has 0 bridgehead atoms. The fourth-order valence-electron chi connectivity index (χ4n) is 3.52. The first-order valence-electron chi connectivity index (χ1n) is 11.9. The molecule has 3 aromatic rings. The zero-order valence-electron chi connectivity index (χ0n) is 22.9. The van der Waals surface area contributed by atoms with E-state index in [-0.39, 0.29) is 23.4 Å². The van der Waals surface area contributed by atoms with Crippen molar-refractivity contribution in [3.05, 3.63) is 69.7 Å². The molecule has 0 aliphatic rings. The molecule has 216 valence electrons. The topological polar surface area (TPSA) is 143 Å². The molecule has 0 aliphatic carbocycles. The molecular formula is C28H28BrN3O9. The lowest BCUT2D eigenvalue weighted by molar-refractivity contribution is -0.120. The van der Waals surface area contributed by atoms with Gasteiger partial charge in [0.2, 0.25) is 5.75 Å². The SMILES string of the molecule is COc1ccc(C(=O)Oc2ccc(Br)cc2C=NNC(=O)CNC(=O)c2cc(OC)c(OC)c(OC)c2)cc1OC. The van der Waals surface area contributed by atoms with Crippen molar-refractivity contribution < 1.29 is 42.8 Å². The van der Waals surface area contributed by atoms with Crippen molar-refractivity contribution in [2.45, 2.75) is 0 Å². The Balaban J connectivity index is 1.64. The molecule has 0 fully saturated rings. The average molecular weight is 630 g/mol. The summed E-state index contributed by atoms with van der Waals surface area (Å²) in [5.41, 5.74) is 3.16. The molecular weight excluding hydrogens is 602 g/mol. The van der Waals surface area contributed by atoms with Crippen LogP contribution in [0.5, 0.6) is 34.5 Å². The van der Waals surface area contributed by atoms with Crippen molar-refractivity contribution in [1.29, 1.82) is 0 Å². The lowest BCUT2D eigenvalue weighted by atomic mass is 10.1. The Kier molecular flexibility index (Phi) is 10.9. The highest BCUT2D eigenvalue weighted by Gasteiger charge is 2.18. The number of carbonyl (C=O) groups is 3. The Morgan fingerprint density at radius 3 is 1.98 bits per heavy atom. The first kappa shape index (κ1) is 30.8. The lowest BCUT2D eigenvalue weighted by Gasteiger charge is -2.14. The third-order valence-corrected chi connectivity index (χ3v) is 6.02. The molecule has 0 saturated carbocycles. The molecule has 2 amide bonds. The van der Waals surface area contributed by atoms with E-state index in [1.807, 2.05) is 0 Å². The fourth-order valence-corrected chi connectivity index (χ4v) is 3.90. The predicted molar refractivity (Wildman–Crippen MR) is 153 cm³/mol. The van der Waals surface area contributed by atoms with Gasteiger partial charge < -0.3 is 33.7 Å². The van der Waals surface area contributed by atoms with Crippen LogP contribution < -0.4 is 39.2 Å². The number of hydrogen-bond donors (Lipinski definition) is 2. The van der Waals surface area contributed by atoms with Crippen molar-refractivity contribution >= 4 is 39.9 Å². The van der Waals surface area contributed by atoms with Crippen LogP contribution in [0.3, 0.4) is 0 Å². The molecule has 0 heterocycles. The maximum atomic E-state index is 12.8. The van der Waals surface area contributed by atoms with Crippen molar-refractivity contribution in [3.63, 3.8) is 0 Å². The maximum Gasteiger partial charge on any atom is 0.343 e. The summed E-state index contributed by atoms with van der Waals surface area (Å²) in [6.45, 7) is -0.369. The summed E-state index contributed by atoms with van der Waals surface area (Å²) in [6.07, 6.45) is 1.31. The number of carbonyl (C=O) groups excluding carboxylic acids is 3. The van der Waals surface area contributed by atoms with Gasteiger partial charge in [0.05, 0.1) is 53.9 Å². The van der Waals surface area contributed by atoms with E-state index in [9.17, 15) is 14.4 Å². The second-order valence-electron chi connectivity index (χ2n) is 8.03. The molecule has 0 radical (unpaired) electrons. The number of nitrogens with zero attached hydrogens (tertiary/aromatic N) is 1. The van der Waals surface area contributed by atoms with Crippen LogP contribution in [-0.2, 0) is 4.79 Å². The Morgan fingerprint density at radius 2 is 1.37 bits per heavy atom. The first-order valence-corrected chi connectivity index (χ1v) is 12.7. The number of benzene rings is 3. The van der Waals surface area contributed by atoms with Gasteiger partial charge in [-0.05, 0) is 48.5 Å². The van der Waals surface area contributed by atoms with Gasteiger partial charge in [-0.25, -0.2) is 10.2 Å². The van der Waals surface area contributed by atoms with Gasteiger partial charge >= 0.3 is 5.97 Å². The van der Waals surface area contributed by atoms with E-state index in [0.29, 0.717) is 38.8 Å². The molecule has 0 aromatic heterocycles. The summed E-state index contributed by atoms with van der Waals surface area (Å²) < 4.78 is 32.4. The number of ether oxygens (including phenoxy) is 6. The zero-order chi connectivity index (χ0) is 29.9. The molecule has 0 atom stereocenters. The molecule has 3 aromatic carbocycles. The van der Waals surface area contributed by atoms with Crippen LogP contribution >= 0.6 is 15.9 Å². The van der Waals surface area contributed by atoms with Gasteiger partial charge in [-0.3, -0.25) is 9.59 Å². The van der Waals surface area contributed by atoms with Gasteiger partial charge in [0.25, 0.3) is 11.8 Å². The summed E-state index contributed by atoms with van der Waals surface area (Å²) in [5, 5.41) is 6.42. The molecule has 2 N–H and O–H groups in total. The number of amides is 2. The Hall–Kier alpha value is -4.78. The Bertz CT molecular complexity index is 1430. The zero-order valence-corrected chi connectivity index (χ0v) is 24.5. The maximum absolute atomic E-state index is 12.8. The third kappa shape index (κ3) is 7.88. The third-order valence-electron chi connectivity index (χ3n) is 5.52. The van der Waals surface area contributed by atoms with E-state index in [4.69, 9.17) is 28.4 Å². The minimum atomic E-state index is -0.638. The average Bonchev–Trinajstić information content (AvgIpc) is 2.99. The first-order chi connectivity index (χ1) is 19.7. The van der Waals surface area contributed by atoms with Crippen molar-refractivity contribution in [3.8, 4) is 34.5 Å². The molecule has 12 nitrogen and oxygen atoms in total. The quantitative estimate of drug-likeness (QED) is 0.133. The molecule has 0 aliphatic heterocycles. The summed E-state index contributed by atoms with van der Waals surface area (Å²) >= 11 is 3.36. The standard InChI is InChI=1S/C28H28BrN3O9/c1-36-21-8-6-16(11-22(21)37-2)28(35)41-20-9-7-19(29)10-18(20)14-31-32-25(33)15-30-27(34)17-12-23(38-3)26(40-5)24(13-17)39-4/h6-14H,15H2,1-5H3,(H,30,34)(H,32,33). The molecule has 0 saturated heterocycles. The monoisotopic (exact) mass is 629 g/mol. The number of hydrogen-bond acceptors (Lipinski definition) is 10. The molecule has 41 heavy (non-hydrogen) atoms. The molecule has 3 rings (SSSR count). The normalized spacial score (nSPS) is 10.5. The van der Waals surface area contributed by atoms with Crippen molar-refractivity contribution in [2.75, 3.05) is 42.1 Å². The van der Waals surface area contributed by atoms with Gasteiger partial charge in [-0.2, -0.15) is 5.10 Å². The van der Waals surface area contributed by atoms with Crippen LogP contribution in [0.15, 0.2) is 58.1 Å². The van der Waals surface area contributed by atoms with E-state index in [1.54, 1.807) is 30.3 Å². The smallest absolute Gasteiger partial charge is 0.343 e. The number of rotatable bonds is 12. The number of halogens is 1. The molecule has 0 unspecified atom stereocenters. The van der Waals surface area contributed by atoms with Gasteiger partial charge in [0.15, 0.2) is 23.0 Å². The highest BCUT2D eigenvalue weighted by Crippen LogP contribution is 2.38. The highest BCUT2D eigenvalue weighted by molar-refractivity contribution is 9.10. The summed E-state index contributed by atoms with van der Waals surface area (Å²) in [7, 11) is 7.26. The van der Waals surface area contributed by atoms with Crippen molar-refractivity contribution in [1.82, 2.24) is 10.7 Å². The highest BCUT2D eigenvalue weighted by atomic mass is 79.9. The van der Waals surface area contributed by atoms with Gasteiger partial charge in [0, 0.05) is 15.6 Å². The number of hydrazone groups is 1. The van der Waals surface area contributed by atoms with E-state index >= 15 is 0 Å². The van der Waals surface area contributed by atoms with Crippen LogP contribution in [0.2, 0.25) is 0 Å². The summed E-state index contributed by atoms with van der Waals surface area (Å²) in [4.78, 5) is 37.7.